The summed E-state index contributed by atoms with van der Waals surface area (Å²) in [6.45, 7) is 3.58. The van der Waals surface area contributed by atoms with Gasteiger partial charge in [-0.05, 0) is 31.0 Å². The molecule has 3 aliphatic rings. The maximum absolute atomic E-state index is 12.7. The second-order valence-electron chi connectivity index (χ2n) is 7.44. The number of nitrogens with zero attached hydrogens (tertiary/aromatic N) is 6. The number of carbonyl (C=O) groups excluding carboxylic acids is 1. The Labute approximate surface area is 167 Å². The molecule has 7 nitrogen and oxygen atoms in total. The second-order valence-corrected chi connectivity index (χ2v) is 8.42. The van der Waals surface area contributed by atoms with Gasteiger partial charge in [-0.2, -0.15) is 4.52 Å². The Kier molecular flexibility index (Phi) is 4.43. The third-order valence-electron chi connectivity index (χ3n) is 5.55. The number of thioether (sulfide) groups is 1. The molecule has 3 fully saturated rings. The summed E-state index contributed by atoms with van der Waals surface area (Å²) in [5.41, 5.74) is 2.02. The highest BCUT2D eigenvalue weighted by Gasteiger charge is 2.47. The van der Waals surface area contributed by atoms with Gasteiger partial charge in [0.25, 0.3) is 0 Å². The van der Waals surface area contributed by atoms with E-state index in [1.165, 1.54) is 5.56 Å². The number of amides is 1. The number of hydrogen-bond donors (Lipinski definition) is 0. The van der Waals surface area contributed by atoms with E-state index in [1.54, 1.807) is 16.3 Å². The van der Waals surface area contributed by atoms with E-state index in [1.807, 2.05) is 37.3 Å². The molecule has 144 valence electrons. The topological polar surface area (TPSA) is 66.6 Å². The van der Waals surface area contributed by atoms with Gasteiger partial charge in [-0.1, -0.05) is 30.3 Å². The van der Waals surface area contributed by atoms with Crippen LogP contribution in [0.25, 0.3) is 5.65 Å². The lowest BCUT2D eigenvalue weighted by Gasteiger charge is -2.56. The second kappa shape index (κ2) is 7.09. The van der Waals surface area contributed by atoms with Crippen LogP contribution in [-0.2, 0) is 10.5 Å². The van der Waals surface area contributed by atoms with Crippen molar-refractivity contribution in [2.24, 2.45) is 0 Å². The van der Waals surface area contributed by atoms with Gasteiger partial charge >= 0.3 is 0 Å². The number of benzene rings is 1. The van der Waals surface area contributed by atoms with Gasteiger partial charge in [-0.15, -0.1) is 27.1 Å². The summed E-state index contributed by atoms with van der Waals surface area (Å²) in [6, 6.07) is 14.8. The average molecular weight is 395 g/mol. The molecule has 2 aromatic heterocycles. The minimum Gasteiger partial charge on any atom is -0.351 e. The predicted molar refractivity (Wildman–Crippen MR) is 109 cm³/mol. The van der Waals surface area contributed by atoms with Crippen LogP contribution in [0.2, 0.25) is 0 Å². The minimum atomic E-state index is 0.264. The van der Waals surface area contributed by atoms with E-state index in [-0.39, 0.29) is 5.91 Å². The van der Waals surface area contributed by atoms with Crippen molar-refractivity contribution in [3.63, 3.8) is 0 Å². The third kappa shape index (κ3) is 3.11. The van der Waals surface area contributed by atoms with Crippen molar-refractivity contribution in [2.75, 3.05) is 23.7 Å². The number of aryl methyl sites for hydroxylation is 1. The molecule has 3 aliphatic heterocycles. The summed E-state index contributed by atoms with van der Waals surface area (Å²) in [5, 5.41) is 12.8. The summed E-state index contributed by atoms with van der Waals surface area (Å²) in [7, 11) is 0. The van der Waals surface area contributed by atoms with Crippen molar-refractivity contribution in [3.05, 3.63) is 53.9 Å². The first kappa shape index (κ1) is 17.5. The highest BCUT2D eigenvalue weighted by molar-refractivity contribution is 7.99. The zero-order chi connectivity index (χ0) is 19.1. The first-order valence-electron chi connectivity index (χ1n) is 9.56. The summed E-state index contributed by atoms with van der Waals surface area (Å²) in [6.07, 6.45) is 1.10. The van der Waals surface area contributed by atoms with Gasteiger partial charge in [-0.25, -0.2) is 0 Å². The number of piperazine rings is 1. The molecule has 1 amide bonds. The summed E-state index contributed by atoms with van der Waals surface area (Å²) in [5.74, 6) is 3.40. The van der Waals surface area contributed by atoms with Crippen LogP contribution >= 0.6 is 11.8 Å². The van der Waals surface area contributed by atoms with Crippen LogP contribution in [0.5, 0.6) is 0 Å². The van der Waals surface area contributed by atoms with Crippen molar-refractivity contribution in [1.29, 1.82) is 0 Å². The molecule has 0 N–H and O–H groups in total. The van der Waals surface area contributed by atoms with Crippen LogP contribution < -0.4 is 4.90 Å². The standard InChI is InChI=1S/C20H22N6OS/c1-14-21-22-18-7-8-19(23-26(14)18)24-10-16-9-17(11-24)25(16)20(27)13-28-12-15-5-3-2-4-6-15/h2-8,16-17H,9-13H2,1H3. The lowest BCUT2D eigenvalue weighted by atomic mass is 9.87. The highest BCUT2D eigenvalue weighted by atomic mass is 32.2. The Balaban J connectivity index is 1.19. The van der Waals surface area contributed by atoms with Crippen molar-refractivity contribution in [1.82, 2.24) is 24.7 Å². The largest absolute Gasteiger partial charge is 0.351 e. The molecule has 6 rings (SSSR count). The number of fused-ring (bicyclic) bond motifs is 3. The maximum Gasteiger partial charge on any atom is 0.233 e. The summed E-state index contributed by atoms with van der Waals surface area (Å²) in [4.78, 5) is 17.1. The molecule has 2 unspecified atom stereocenters. The lowest BCUT2D eigenvalue weighted by Crippen LogP contribution is -2.70. The van der Waals surface area contributed by atoms with Crippen molar-refractivity contribution < 1.29 is 4.79 Å². The number of carbonyl (C=O) groups is 1. The zero-order valence-corrected chi connectivity index (χ0v) is 16.5. The quantitative estimate of drug-likeness (QED) is 0.661. The van der Waals surface area contributed by atoms with Crippen LogP contribution in [0, 0.1) is 6.92 Å². The number of hydrogen-bond acceptors (Lipinski definition) is 6. The Hall–Kier alpha value is -2.61. The number of rotatable bonds is 5. The molecule has 0 radical (unpaired) electrons. The fraction of sp³-hybridized carbons (Fsp3) is 0.400. The SMILES string of the molecule is Cc1nnc2ccc(N3CC4CC(C3)N4C(=O)CSCc3ccccc3)nn12. The monoisotopic (exact) mass is 394 g/mol. The molecule has 3 saturated heterocycles. The Morgan fingerprint density at radius 1 is 1.11 bits per heavy atom. The molecule has 0 aliphatic carbocycles. The van der Waals surface area contributed by atoms with Crippen molar-refractivity contribution >= 4 is 29.1 Å². The van der Waals surface area contributed by atoms with Gasteiger partial charge in [0, 0.05) is 18.8 Å². The first-order chi connectivity index (χ1) is 13.7. The minimum absolute atomic E-state index is 0.264. The molecule has 8 heteroatoms. The van der Waals surface area contributed by atoms with Crippen LogP contribution in [-0.4, -0.2) is 61.5 Å². The third-order valence-corrected chi connectivity index (χ3v) is 6.54. The smallest absolute Gasteiger partial charge is 0.233 e. The predicted octanol–water partition coefficient (Wildman–Crippen LogP) is 2.16. The molecular weight excluding hydrogens is 372 g/mol. The molecule has 0 saturated carbocycles. The average Bonchev–Trinajstić information content (AvgIpc) is 3.09. The van der Waals surface area contributed by atoms with Crippen molar-refractivity contribution in [2.45, 2.75) is 31.2 Å². The Morgan fingerprint density at radius 3 is 2.68 bits per heavy atom. The van der Waals surface area contributed by atoms with E-state index < -0.39 is 0 Å². The molecule has 5 heterocycles. The van der Waals surface area contributed by atoms with Crippen LogP contribution in [0.15, 0.2) is 42.5 Å². The van der Waals surface area contributed by atoms with Gasteiger partial charge in [-0.3, -0.25) is 4.79 Å². The molecule has 0 spiro atoms. The Morgan fingerprint density at radius 2 is 1.89 bits per heavy atom. The zero-order valence-electron chi connectivity index (χ0n) is 15.7. The van der Waals surface area contributed by atoms with E-state index in [0.717, 1.165) is 42.6 Å². The molecule has 1 aromatic carbocycles. The number of piperidine rings is 1. The van der Waals surface area contributed by atoms with Gasteiger partial charge in [0.2, 0.25) is 5.91 Å². The Bertz CT molecular complexity index is 994. The van der Waals surface area contributed by atoms with E-state index in [0.29, 0.717) is 17.8 Å². The van der Waals surface area contributed by atoms with E-state index >= 15 is 0 Å². The van der Waals surface area contributed by atoms with E-state index in [4.69, 9.17) is 0 Å². The van der Waals surface area contributed by atoms with E-state index in [2.05, 4.69) is 37.2 Å². The highest BCUT2D eigenvalue weighted by Crippen LogP contribution is 2.34. The number of aromatic nitrogens is 4. The molecule has 3 aromatic rings. The normalized spacial score (nSPS) is 21.0. The molecular formula is C20H22N6OS. The van der Waals surface area contributed by atoms with Gasteiger partial charge in [0.15, 0.2) is 11.5 Å². The van der Waals surface area contributed by atoms with E-state index in [9.17, 15) is 4.79 Å². The van der Waals surface area contributed by atoms with Gasteiger partial charge in [0.05, 0.1) is 17.8 Å². The fourth-order valence-electron chi connectivity index (χ4n) is 4.16. The van der Waals surface area contributed by atoms with Gasteiger partial charge < -0.3 is 9.80 Å². The van der Waals surface area contributed by atoms with Crippen molar-refractivity contribution in [3.8, 4) is 0 Å². The molecule has 2 bridgehead atoms. The first-order valence-corrected chi connectivity index (χ1v) is 10.7. The maximum atomic E-state index is 12.7. The van der Waals surface area contributed by atoms with Crippen LogP contribution in [0.3, 0.4) is 0 Å². The van der Waals surface area contributed by atoms with Crippen LogP contribution in [0.1, 0.15) is 17.8 Å². The number of anilines is 1. The fourth-order valence-corrected chi connectivity index (χ4v) is 5.02. The van der Waals surface area contributed by atoms with Gasteiger partial charge in [0.1, 0.15) is 5.82 Å². The summed E-state index contributed by atoms with van der Waals surface area (Å²) < 4.78 is 1.78. The summed E-state index contributed by atoms with van der Waals surface area (Å²) >= 11 is 1.70. The molecule has 2 atom stereocenters. The molecule has 28 heavy (non-hydrogen) atoms. The lowest BCUT2D eigenvalue weighted by molar-refractivity contribution is -0.143. The van der Waals surface area contributed by atoms with Crippen LogP contribution in [0.4, 0.5) is 5.82 Å².